The topological polar surface area (TPSA) is 92.7 Å². The summed E-state index contributed by atoms with van der Waals surface area (Å²) >= 11 is 0. The highest BCUT2D eigenvalue weighted by Gasteiger charge is 2.36. The number of carboxylic acids is 1. The zero-order valence-electron chi connectivity index (χ0n) is 14.9. The summed E-state index contributed by atoms with van der Waals surface area (Å²) < 4.78 is 11.1. The van der Waals surface area contributed by atoms with E-state index in [2.05, 4.69) is 19.2 Å². The second-order valence-electron chi connectivity index (χ2n) is 7.59. The molecule has 2 aromatic heterocycles. The van der Waals surface area contributed by atoms with Gasteiger partial charge in [-0.05, 0) is 31.7 Å². The zero-order chi connectivity index (χ0) is 18.4. The van der Waals surface area contributed by atoms with Gasteiger partial charge in [-0.1, -0.05) is 13.8 Å². The van der Waals surface area contributed by atoms with Crippen molar-refractivity contribution < 1.29 is 23.5 Å². The van der Waals surface area contributed by atoms with E-state index in [-0.39, 0.29) is 29.5 Å². The number of furan rings is 2. The lowest BCUT2D eigenvalue weighted by molar-refractivity contribution is -0.136. The first-order chi connectivity index (χ1) is 11.7. The lowest BCUT2D eigenvalue weighted by Crippen LogP contribution is -2.36. The van der Waals surface area contributed by atoms with Crippen molar-refractivity contribution in [2.24, 2.45) is 5.41 Å². The molecule has 134 valence electrons. The fourth-order valence-electron chi connectivity index (χ4n) is 3.61. The molecule has 6 heteroatoms. The predicted octanol–water partition coefficient (Wildman–Crippen LogP) is 3.56. The minimum atomic E-state index is -1.03. The number of aliphatic carboxylic acids is 1. The van der Waals surface area contributed by atoms with Crippen LogP contribution in [0, 0.1) is 19.3 Å². The van der Waals surface area contributed by atoms with Crippen LogP contribution in [0.4, 0.5) is 0 Å². The van der Waals surface area contributed by atoms with Gasteiger partial charge in [0.05, 0.1) is 17.9 Å². The predicted molar refractivity (Wildman–Crippen MR) is 90.5 cm³/mol. The van der Waals surface area contributed by atoms with E-state index >= 15 is 0 Å². The third-order valence-electron chi connectivity index (χ3n) is 4.63. The Bertz CT molecular complexity index is 827. The first-order valence-corrected chi connectivity index (χ1v) is 8.35. The van der Waals surface area contributed by atoms with Gasteiger partial charge in [-0.2, -0.15) is 0 Å². The van der Waals surface area contributed by atoms with Gasteiger partial charge in [0.15, 0.2) is 0 Å². The van der Waals surface area contributed by atoms with E-state index < -0.39 is 5.97 Å². The highest BCUT2D eigenvalue weighted by molar-refractivity contribution is 5.97. The zero-order valence-corrected chi connectivity index (χ0v) is 14.9. The van der Waals surface area contributed by atoms with Gasteiger partial charge in [0.2, 0.25) is 0 Å². The maximum absolute atomic E-state index is 12.8. The van der Waals surface area contributed by atoms with Gasteiger partial charge in [-0.25, -0.2) is 0 Å². The van der Waals surface area contributed by atoms with Crippen molar-refractivity contribution in [3.8, 4) is 0 Å². The molecule has 1 amide bonds. The Kier molecular flexibility index (Phi) is 4.22. The molecule has 2 heterocycles. The summed E-state index contributed by atoms with van der Waals surface area (Å²) in [5.74, 6) is 0.577. The van der Waals surface area contributed by atoms with Gasteiger partial charge < -0.3 is 19.3 Å². The van der Waals surface area contributed by atoms with E-state index in [1.807, 2.05) is 13.0 Å². The number of hydrogen-bond donors (Lipinski definition) is 2. The average Bonchev–Trinajstić information content (AvgIpc) is 2.99. The first-order valence-electron chi connectivity index (χ1n) is 8.35. The molecule has 0 aromatic carbocycles. The Morgan fingerprint density at radius 3 is 2.76 bits per heavy atom. The number of amides is 1. The number of nitrogens with one attached hydrogen (secondary N) is 1. The summed E-state index contributed by atoms with van der Waals surface area (Å²) in [6.07, 6.45) is 2.72. The highest BCUT2D eigenvalue weighted by Crippen LogP contribution is 2.42. The molecular formula is C19H23NO5. The van der Waals surface area contributed by atoms with Crippen LogP contribution in [0.5, 0.6) is 0 Å². The summed E-state index contributed by atoms with van der Waals surface area (Å²) in [5, 5.41) is 12.1. The van der Waals surface area contributed by atoms with Crippen molar-refractivity contribution in [1.29, 1.82) is 0 Å². The largest absolute Gasteiger partial charge is 0.481 e. The number of aryl methyl sites for hydroxylation is 2. The molecule has 3 rings (SSSR count). The summed E-state index contributed by atoms with van der Waals surface area (Å²) in [5.41, 5.74) is 1.95. The molecule has 25 heavy (non-hydrogen) atoms. The van der Waals surface area contributed by atoms with Gasteiger partial charge in [0.1, 0.15) is 23.7 Å². The molecule has 0 spiro atoms. The van der Waals surface area contributed by atoms with E-state index in [0.717, 1.165) is 29.9 Å². The van der Waals surface area contributed by atoms with E-state index in [1.165, 1.54) is 6.26 Å². The monoisotopic (exact) mass is 345 g/mol. The van der Waals surface area contributed by atoms with Crippen LogP contribution >= 0.6 is 0 Å². The van der Waals surface area contributed by atoms with Gasteiger partial charge in [-0.15, -0.1) is 0 Å². The number of carboxylic acid groups (broad SMARTS) is 1. The lowest BCUT2D eigenvalue weighted by atomic mass is 9.74. The van der Waals surface area contributed by atoms with Crippen LogP contribution in [0.15, 0.2) is 21.2 Å². The molecule has 0 aliphatic heterocycles. The normalized spacial score (nSPS) is 18.6. The van der Waals surface area contributed by atoms with E-state index in [9.17, 15) is 9.59 Å². The highest BCUT2D eigenvalue weighted by atomic mass is 16.4. The van der Waals surface area contributed by atoms with E-state index in [4.69, 9.17) is 13.9 Å². The third kappa shape index (κ3) is 3.48. The van der Waals surface area contributed by atoms with Crippen molar-refractivity contribution in [2.45, 2.75) is 53.0 Å². The number of rotatable bonds is 4. The molecule has 0 radical (unpaired) electrons. The fourth-order valence-corrected chi connectivity index (χ4v) is 3.61. The molecule has 1 aliphatic carbocycles. The molecule has 2 N–H and O–H groups in total. The van der Waals surface area contributed by atoms with Crippen molar-refractivity contribution in [3.05, 3.63) is 46.3 Å². The third-order valence-corrected chi connectivity index (χ3v) is 4.63. The first kappa shape index (κ1) is 17.3. The maximum atomic E-state index is 12.8. The summed E-state index contributed by atoms with van der Waals surface area (Å²) in [7, 11) is 0. The SMILES string of the molecule is Cc1cc2c(o1)CC(C)(C)CC2NC(=O)c1c(C)coc1CC(=O)O. The van der Waals surface area contributed by atoms with Crippen LogP contribution in [0.3, 0.4) is 0 Å². The standard InChI is InChI=1S/C19H23NO5/c1-10-9-24-14(6-16(21)22)17(10)18(23)20-13-7-19(3,4)8-15-12(13)5-11(2)25-15/h5,9,13H,6-8H2,1-4H3,(H,20,23)(H,21,22). The Morgan fingerprint density at radius 2 is 2.08 bits per heavy atom. The molecule has 0 fully saturated rings. The van der Waals surface area contributed by atoms with Crippen LogP contribution in [-0.4, -0.2) is 17.0 Å². The molecule has 1 unspecified atom stereocenters. The summed E-state index contributed by atoms with van der Waals surface area (Å²) in [6, 6.07) is 1.80. The van der Waals surface area contributed by atoms with Crippen LogP contribution in [-0.2, 0) is 17.6 Å². The molecule has 1 atom stereocenters. The number of carbonyl (C=O) groups excluding carboxylic acids is 1. The number of carbonyl (C=O) groups is 2. The minimum Gasteiger partial charge on any atom is -0.481 e. The minimum absolute atomic E-state index is 0.00454. The van der Waals surface area contributed by atoms with Gasteiger partial charge in [0.25, 0.3) is 5.91 Å². The number of hydrogen-bond acceptors (Lipinski definition) is 4. The van der Waals surface area contributed by atoms with Crippen molar-refractivity contribution in [2.75, 3.05) is 0 Å². The second kappa shape index (κ2) is 6.10. The van der Waals surface area contributed by atoms with Crippen LogP contribution in [0.25, 0.3) is 0 Å². The Balaban J connectivity index is 1.89. The maximum Gasteiger partial charge on any atom is 0.311 e. The molecule has 0 bridgehead atoms. The van der Waals surface area contributed by atoms with Crippen molar-refractivity contribution in [3.63, 3.8) is 0 Å². The van der Waals surface area contributed by atoms with Gasteiger partial charge in [-0.3, -0.25) is 9.59 Å². The Morgan fingerprint density at radius 1 is 1.36 bits per heavy atom. The number of fused-ring (bicyclic) bond motifs is 1. The molecule has 0 saturated carbocycles. The van der Waals surface area contributed by atoms with E-state index in [0.29, 0.717) is 11.1 Å². The molecule has 0 saturated heterocycles. The Hall–Kier alpha value is -2.50. The Labute approximate surface area is 146 Å². The molecular weight excluding hydrogens is 322 g/mol. The smallest absolute Gasteiger partial charge is 0.311 e. The van der Waals surface area contributed by atoms with Crippen molar-refractivity contribution >= 4 is 11.9 Å². The lowest BCUT2D eigenvalue weighted by Gasteiger charge is -2.34. The van der Waals surface area contributed by atoms with Crippen LogP contribution < -0.4 is 5.32 Å². The van der Waals surface area contributed by atoms with Gasteiger partial charge in [0, 0.05) is 17.5 Å². The molecule has 2 aromatic rings. The molecule has 6 nitrogen and oxygen atoms in total. The van der Waals surface area contributed by atoms with Crippen LogP contribution in [0.2, 0.25) is 0 Å². The molecule has 1 aliphatic rings. The van der Waals surface area contributed by atoms with Gasteiger partial charge >= 0.3 is 5.97 Å². The fraction of sp³-hybridized carbons (Fsp3) is 0.474. The summed E-state index contributed by atoms with van der Waals surface area (Å²) in [4.78, 5) is 23.8. The van der Waals surface area contributed by atoms with Crippen molar-refractivity contribution in [1.82, 2.24) is 5.32 Å². The van der Waals surface area contributed by atoms with E-state index in [1.54, 1.807) is 6.92 Å². The second-order valence-corrected chi connectivity index (χ2v) is 7.59. The summed E-state index contributed by atoms with van der Waals surface area (Å²) in [6.45, 7) is 7.93. The average molecular weight is 345 g/mol. The van der Waals surface area contributed by atoms with Crippen LogP contribution in [0.1, 0.15) is 65.1 Å². The quantitative estimate of drug-likeness (QED) is 0.884.